The highest BCUT2D eigenvalue weighted by molar-refractivity contribution is 9.09. The maximum atomic E-state index is 14.3. The SMILES string of the molecule is C=CCN(C(=O)[C@H]1[C@@H]2OC3(CC2Br)C(C(=O)N(CC=C)C(C)C)N(CCCCCO)C(=O)[C@H]13)c1ccccc1. The number of ether oxygens (including phenoxy) is 1. The number of aliphatic hydroxyl groups is 1. The van der Waals surface area contributed by atoms with Gasteiger partial charge in [-0.05, 0) is 51.7 Å². The van der Waals surface area contributed by atoms with Crippen LogP contribution >= 0.6 is 15.9 Å². The fourth-order valence-electron chi connectivity index (χ4n) is 6.59. The number of likely N-dealkylation sites (tertiary alicyclic amines) is 1. The summed E-state index contributed by atoms with van der Waals surface area (Å²) in [5.74, 6) is -2.07. The Balaban J connectivity index is 1.75. The number of hydrogen-bond donors (Lipinski definition) is 1. The van der Waals surface area contributed by atoms with Crippen LogP contribution < -0.4 is 4.90 Å². The van der Waals surface area contributed by atoms with E-state index in [-0.39, 0.29) is 35.2 Å². The predicted molar refractivity (Wildman–Crippen MR) is 154 cm³/mol. The van der Waals surface area contributed by atoms with E-state index in [1.54, 1.807) is 26.9 Å². The molecule has 3 heterocycles. The van der Waals surface area contributed by atoms with Gasteiger partial charge >= 0.3 is 0 Å². The standard InChI is InChI=1S/C30H40BrN3O5/c1-5-15-32(20(3)4)29(38)26-30-19-22(31)25(39-30)23(24(30)28(37)34(26)17-11-8-12-18-35)27(36)33(16-6-2)21-13-9-7-10-14-21/h5-7,9-10,13-14,20,22-26,35H,1-2,8,11-12,15-19H2,3-4H3/t22?,23-,24+,25-,26?,30?/m1/s1. The molecule has 1 aromatic rings. The zero-order chi connectivity index (χ0) is 28.3. The van der Waals surface area contributed by atoms with Crippen molar-refractivity contribution in [2.24, 2.45) is 11.8 Å². The topological polar surface area (TPSA) is 90.4 Å². The first-order chi connectivity index (χ1) is 18.7. The monoisotopic (exact) mass is 601 g/mol. The molecule has 3 saturated heterocycles. The van der Waals surface area contributed by atoms with Crippen molar-refractivity contribution in [2.75, 3.05) is 31.1 Å². The molecule has 3 fully saturated rings. The van der Waals surface area contributed by atoms with Crippen molar-refractivity contribution in [3.8, 4) is 0 Å². The van der Waals surface area contributed by atoms with Crippen LogP contribution in [0.5, 0.6) is 0 Å². The van der Waals surface area contributed by atoms with Gasteiger partial charge in [-0.2, -0.15) is 0 Å². The molecule has 6 atom stereocenters. The van der Waals surface area contributed by atoms with Gasteiger partial charge in [0.1, 0.15) is 11.6 Å². The summed E-state index contributed by atoms with van der Waals surface area (Å²) in [6.07, 6.45) is 5.30. The number of fused-ring (bicyclic) bond motifs is 1. The largest absolute Gasteiger partial charge is 0.396 e. The van der Waals surface area contributed by atoms with Crippen molar-refractivity contribution in [1.82, 2.24) is 9.80 Å². The normalized spacial score (nSPS) is 29.0. The minimum atomic E-state index is -1.10. The third-order valence-electron chi connectivity index (χ3n) is 8.24. The maximum Gasteiger partial charge on any atom is 0.248 e. The van der Waals surface area contributed by atoms with Crippen molar-refractivity contribution in [3.63, 3.8) is 0 Å². The number of carbonyl (C=O) groups excluding carboxylic acids is 3. The van der Waals surface area contributed by atoms with Crippen LogP contribution in [0.3, 0.4) is 0 Å². The minimum absolute atomic E-state index is 0.0780. The Kier molecular flexibility index (Phi) is 9.34. The Labute approximate surface area is 239 Å². The van der Waals surface area contributed by atoms with E-state index < -0.39 is 29.6 Å². The van der Waals surface area contributed by atoms with E-state index in [2.05, 4.69) is 29.1 Å². The quantitative estimate of drug-likeness (QED) is 0.212. The molecule has 9 heteroatoms. The average Bonchev–Trinajstić information content (AvgIpc) is 3.51. The first-order valence-corrected chi connectivity index (χ1v) is 14.8. The fourth-order valence-corrected chi connectivity index (χ4v) is 7.54. The molecule has 1 N–H and O–H groups in total. The molecular weight excluding hydrogens is 562 g/mol. The summed E-state index contributed by atoms with van der Waals surface area (Å²) in [5, 5.41) is 9.25. The minimum Gasteiger partial charge on any atom is -0.396 e. The van der Waals surface area contributed by atoms with E-state index in [0.717, 1.165) is 12.1 Å². The zero-order valence-corrected chi connectivity index (χ0v) is 24.5. The molecule has 3 aliphatic rings. The lowest BCUT2D eigenvalue weighted by Gasteiger charge is -2.38. The van der Waals surface area contributed by atoms with Gasteiger partial charge in [0.05, 0.1) is 17.9 Å². The lowest BCUT2D eigenvalue weighted by molar-refractivity contribution is -0.149. The molecule has 3 amide bonds. The van der Waals surface area contributed by atoms with Crippen LogP contribution in [0.4, 0.5) is 5.69 Å². The summed E-state index contributed by atoms with van der Waals surface area (Å²) in [5.41, 5.74) is -0.379. The molecule has 8 nitrogen and oxygen atoms in total. The van der Waals surface area contributed by atoms with Crippen molar-refractivity contribution in [3.05, 3.63) is 55.6 Å². The van der Waals surface area contributed by atoms with E-state index >= 15 is 0 Å². The molecule has 39 heavy (non-hydrogen) atoms. The summed E-state index contributed by atoms with van der Waals surface area (Å²) in [6.45, 7) is 12.6. The molecule has 1 spiro atoms. The molecular formula is C30H40BrN3O5. The molecule has 4 rings (SSSR count). The molecule has 0 aliphatic carbocycles. The zero-order valence-electron chi connectivity index (χ0n) is 22.9. The van der Waals surface area contributed by atoms with Gasteiger partial charge in [0, 0.05) is 42.8 Å². The maximum absolute atomic E-state index is 14.3. The van der Waals surface area contributed by atoms with Gasteiger partial charge < -0.3 is 24.5 Å². The fraction of sp³-hybridized carbons (Fsp3) is 0.567. The Morgan fingerprint density at radius 1 is 1.15 bits per heavy atom. The lowest BCUT2D eigenvalue weighted by atomic mass is 9.70. The third kappa shape index (κ3) is 5.21. The Morgan fingerprint density at radius 3 is 2.46 bits per heavy atom. The van der Waals surface area contributed by atoms with Crippen molar-refractivity contribution in [1.29, 1.82) is 0 Å². The number of para-hydroxylation sites is 1. The van der Waals surface area contributed by atoms with Gasteiger partial charge in [-0.15, -0.1) is 13.2 Å². The number of hydrogen-bond acceptors (Lipinski definition) is 5. The molecule has 2 bridgehead atoms. The number of amides is 3. The van der Waals surface area contributed by atoms with E-state index in [0.29, 0.717) is 38.9 Å². The second kappa shape index (κ2) is 12.4. The first-order valence-electron chi connectivity index (χ1n) is 13.8. The molecule has 3 unspecified atom stereocenters. The van der Waals surface area contributed by atoms with Gasteiger partial charge in [-0.3, -0.25) is 14.4 Å². The highest BCUT2D eigenvalue weighted by atomic mass is 79.9. The molecule has 3 aliphatic heterocycles. The molecule has 212 valence electrons. The summed E-state index contributed by atoms with van der Waals surface area (Å²) >= 11 is 3.75. The average molecular weight is 603 g/mol. The van der Waals surface area contributed by atoms with Crippen LogP contribution in [-0.4, -0.2) is 87.5 Å². The van der Waals surface area contributed by atoms with Gasteiger partial charge in [0.2, 0.25) is 17.7 Å². The number of halogens is 1. The van der Waals surface area contributed by atoms with Crippen LogP contribution in [0, 0.1) is 11.8 Å². The molecule has 0 saturated carbocycles. The van der Waals surface area contributed by atoms with Crippen LogP contribution in [0.15, 0.2) is 55.6 Å². The molecule has 0 aromatic heterocycles. The number of nitrogens with zero attached hydrogens (tertiary/aromatic N) is 3. The summed E-state index contributed by atoms with van der Waals surface area (Å²) in [4.78, 5) is 47.6. The summed E-state index contributed by atoms with van der Waals surface area (Å²) in [6, 6.07) is 8.42. The highest BCUT2D eigenvalue weighted by Crippen LogP contribution is 2.60. The number of unbranched alkanes of at least 4 members (excludes halogenated alkanes) is 2. The van der Waals surface area contributed by atoms with Gasteiger partial charge in [-0.1, -0.05) is 46.3 Å². The van der Waals surface area contributed by atoms with Crippen molar-refractivity contribution in [2.45, 2.75) is 68.1 Å². The van der Waals surface area contributed by atoms with Crippen LogP contribution in [0.2, 0.25) is 0 Å². The lowest BCUT2D eigenvalue weighted by Crippen LogP contribution is -2.58. The van der Waals surface area contributed by atoms with Crippen molar-refractivity contribution < 1.29 is 24.2 Å². The van der Waals surface area contributed by atoms with Gasteiger partial charge in [0.15, 0.2) is 0 Å². The number of benzene rings is 1. The van der Waals surface area contributed by atoms with Gasteiger partial charge in [-0.25, -0.2) is 0 Å². The van der Waals surface area contributed by atoms with E-state index in [1.807, 2.05) is 44.2 Å². The van der Waals surface area contributed by atoms with Crippen LogP contribution in [0.25, 0.3) is 0 Å². The van der Waals surface area contributed by atoms with Gasteiger partial charge in [0.25, 0.3) is 0 Å². The number of rotatable bonds is 13. The number of aliphatic hydroxyl groups excluding tert-OH is 1. The van der Waals surface area contributed by atoms with E-state index in [1.165, 1.54) is 0 Å². The highest BCUT2D eigenvalue weighted by Gasteiger charge is 2.76. The smallest absolute Gasteiger partial charge is 0.248 e. The second-order valence-electron chi connectivity index (χ2n) is 10.9. The Morgan fingerprint density at radius 2 is 1.85 bits per heavy atom. The third-order valence-corrected chi connectivity index (χ3v) is 9.09. The Hall–Kier alpha value is -2.49. The summed E-state index contributed by atoms with van der Waals surface area (Å²) in [7, 11) is 0. The number of alkyl halides is 1. The first kappa shape index (κ1) is 29.5. The number of anilines is 1. The summed E-state index contributed by atoms with van der Waals surface area (Å²) < 4.78 is 6.67. The van der Waals surface area contributed by atoms with Crippen molar-refractivity contribution >= 4 is 39.3 Å². The van der Waals surface area contributed by atoms with E-state index in [4.69, 9.17) is 4.74 Å². The number of carbonyl (C=O) groups is 3. The molecule has 0 radical (unpaired) electrons. The van der Waals surface area contributed by atoms with Crippen LogP contribution in [0.1, 0.15) is 39.5 Å². The second-order valence-corrected chi connectivity index (χ2v) is 12.1. The Bertz CT molecular complexity index is 1080. The molecule has 1 aromatic carbocycles. The van der Waals surface area contributed by atoms with Crippen LogP contribution in [-0.2, 0) is 19.1 Å². The van der Waals surface area contributed by atoms with E-state index in [9.17, 15) is 19.5 Å². The predicted octanol–water partition coefficient (Wildman–Crippen LogP) is 3.54.